The average Bonchev–Trinajstić information content (AvgIpc) is 3.67. The summed E-state index contributed by atoms with van der Waals surface area (Å²) in [5.74, 6) is 0. The van der Waals surface area contributed by atoms with E-state index in [2.05, 4.69) is 137 Å². The molecule has 0 atom stereocenters. The van der Waals surface area contributed by atoms with Crippen LogP contribution in [0.15, 0.2) is 174 Å². The van der Waals surface area contributed by atoms with Gasteiger partial charge in [0.25, 0.3) is 0 Å². The summed E-state index contributed by atoms with van der Waals surface area (Å²) in [6.45, 7) is 9.47. The molecule has 0 N–H and O–H groups in total. The first-order valence-corrected chi connectivity index (χ1v) is 20.8. The highest BCUT2D eigenvalue weighted by atomic mass is 16.3. The van der Waals surface area contributed by atoms with Crippen molar-refractivity contribution in [3.05, 3.63) is 181 Å². The smallest absolute Gasteiger partial charge is 0.143 e. The van der Waals surface area contributed by atoms with Crippen molar-refractivity contribution in [2.45, 2.75) is 51.4 Å². The molecule has 0 saturated heterocycles. The second-order valence-corrected chi connectivity index (χ2v) is 17.9. The normalized spacial score (nSPS) is 15.9. The number of benzene rings is 10. The minimum absolute atomic E-state index is 0.0500. The molecule has 12 rings (SSSR count). The van der Waals surface area contributed by atoms with Crippen LogP contribution >= 0.6 is 0 Å². The van der Waals surface area contributed by atoms with E-state index in [9.17, 15) is 4.11 Å². The predicted molar refractivity (Wildman–Crippen MR) is 253 cm³/mol. The molecule has 1 nitrogen and oxygen atoms in total. The summed E-state index contributed by atoms with van der Waals surface area (Å²) in [6.07, 6.45) is 2.06. The van der Waals surface area contributed by atoms with E-state index in [0.29, 0.717) is 16.4 Å². The SMILES string of the molecule is [2H]c1c([2H])c([2H])c2c(-c3cccc4c3oc3cc5ccccc5cc34)c3ccccc3c(-c3cc(-c4cc5ccccc5c5ccccc45)c4c(c3)C(C)(C)CCC4(C)C)c2c1[2H]. The zero-order valence-electron chi connectivity index (χ0n) is 37.7. The molecule has 0 spiro atoms. The van der Waals surface area contributed by atoms with Gasteiger partial charge >= 0.3 is 0 Å². The summed E-state index contributed by atoms with van der Waals surface area (Å²) in [5.41, 5.74) is 9.44. The molecule has 1 aromatic heterocycles. The van der Waals surface area contributed by atoms with Gasteiger partial charge in [-0.15, -0.1) is 0 Å². The van der Waals surface area contributed by atoms with Gasteiger partial charge in [-0.3, -0.25) is 0 Å². The summed E-state index contributed by atoms with van der Waals surface area (Å²) in [4.78, 5) is 0. The molecule has 0 saturated carbocycles. The lowest BCUT2D eigenvalue weighted by Crippen LogP contribution is -2.34. The first kappa shape index (κ1) is 30.4. The van der Waals surface area contributed by atoms with Crippen LogP contribution in [0.1, 0.15) is 57.1 Å². The first-order valence-electron chi connectivity index (χ1n) is 22.8. The molecule has 1 aliphatic carbocycles. The van der Waals surface area contributed by atoms with Crippen LogP contribution in [-0.2, 0) is 10.8 Å². The highest BCUT2D eigenvalue weighted by molar-refractivity contribution is 6.25. The third-order valence-corrected chi connectivity index (χ3v) is 13.6. The van der Waals surface area contributed by atoms with Crippen molar-refractivity contribution in [1.82, 2.24) is 0 Å². The molecule has 1 aliphatic rings. The van der Waals surface area contributed by atoms with Gasteiger partial charge in [0.15, 0.2) is 0 Å². The van der Waals surface area contributed by atoms with E-state index in [1.165, 1.54) is 43.8 Å². The van der Waals surface area contributed by atoms with Crippen molar-refractivity contribution in [3.8, 4) is 33.4 Å². The van der Waals surface area contributed by atoms with E-state index in [1.807, 2.05) is 36.4 Å². The van der Waals surface area contributed by atoms with Gasteiger partial charge in [0.1, 0.15) is 11.2 Å². The highest BCUT2D eigenvalue weighted by Crippen LogP contribution is 2.54. The van der Waals surface area contributed by atoms with Gasteiger partial charge in [-0.2, -0.15) is 0 Å². The molecule has 0 bridgehead atoms. The Balaban J connectivity index is 1.25. The molecule has 1 heteroatoms. The van der Waals surface area contributed by atoms with E-state index >= 15 is 0 Å². The largest absolute Gasteiger partial charge is 0.455 e. The molecule has 1 heterocycles. The fourth-order valence-corrected chi connectivity index (χ4v) is 10.6. The Bertz CT molecular complexity index is 3800. The monoisotopic (exact) mass is 760 g/mol. The summed E-state index contributed by atoms with van der Waals surface area (Å²) in [7, 11) is 0. The van der Waals surface area contributed by atoms with Crippen LogP contribution in [0.5, 0.6) is 0 Å². The van der Waals surface area contributed by atoms with Crippen molar-refractivity contribution in [1.29, 1.82) is 0 Å². The number of fused-ring (bicyclic) bond motifs is 10. The number of rotatable bonds is 3. The van der Waals surface area contributed by atoms with Gasteiger partial charge in [0.2, 0.25) is 0 Å². The molecule has 0 fully saturated rings. The summed E-state index contributed by atoms with van der Waals surface area (Å²) in [5, 5.41) is 11.8. The maximum atomic E-state index is 9.81. The number of hydrogen-bond acceptors (Lipinski definition) is 1. The topological polar surface area (TPSA) is 13.1 Å². The summed E-state index contributed by atoms with van der Waals surface area (Å²) < 4.78 is 44.7. The van der Waals surface area contributed by atoms with Crippen LogP contribution in [0, 0.1) is 0 Å². The highest BCUT2D eigenvalue weighted by Gasteiger charge is 2.40. The summed E-state index contributed by atoms with van der Waals surface area (Å²) >= 11 is 0. The third-order valence-electron chi connectivity index (χ3n) is 13.6. The minimum Gasteiger partial charge on any atom is -0.455 e. The maximum Gasteiger partial charge on any atom is 0.143 e. The van der Waals surface area contributed by atoms with Crippen LogP contribution in [-0.4, -0.2) is 0 Å². The summed E-state index contributed by atoms with van der Waals surface area (Å²) in [6, 6.07) is 50.8. The average molecular weight is 761 g/mol. The molecule has 10 aromatic carbocycles. The maximum absolute atomic E-state index is 9.81. The molecule has 59 heavy (non-hydrogen) atoms. The van der Waals surface area contributed by atoms with Crippen LogP contribution in [0.3, 0.4) is 0 Å². The lowest BCUT2D eigenvalue weighted by molar-refractivity contribution is 0.333. The van der Waals surface area contributed by atoms with Crippen LogP contribution in [0.2, 0.25) is 0 Å². The van der Waals surface area contributed by atoms with Gasteiger partial charge in [-0.25, -0.2) is 0 Å². The molecule has 11 aromatic rings. The second kappa shape index (κ2) is 12.4. The van der Waals surface area contributed by atoms with E-state index in [4.69, 9.17) is 5.79 Å². The number of furan rings is 1. The van der Waals surface area contributed by atoms with E-state index in [1.54, 1.807) is 0 Å². The van der Waals surface area contributed by atoms with Gasteiger partial charge in [-0.05, 0) is 135 Å². The van der Waals surface area contributed by atoms with Crippen molar-refractivity contribution in [2.75, 3.05) is 0 Å². The third kappa shape index (κ3) is 5.04. The van der Waals surface area contributed by atoms with Crippen LogP contribution in [0.4, 0.5) is 0 Å². The zero-order chi connectivity index (χ0) is 43.1. The van der Waals surface area contributed by atoms with Crippen LogP contribution < -0.4 is 0 Å². The lowest BCUT2D eigenvalue weighted by Gasteiger charge is -2.43. The molecule has 0 unspecified atom stereocenters. The van der Waals surface area contributed by atoms with Crippen LogP contribution in [0.25, 0.3) is 109 Å². The zero-order valence-corrected chi connectivity index (χ0v) is 33.7. The van der Waals surface area contributed by atoms with Gasteiger partial charge in [-0.1, -0.05) is 173 Å². The van der Waals surface area contributed by atoms with Crippen molar-refractivity contribution in [2.24, 2.45) is 0 Å². The van der Waals surface area contributed by atoms with Crippen molar-refractivity contribution in [3.63, 3.8) is 0 Å². The van der Waals surface area contributed by atoms with Gasteiger partial charge in [0, 0.05) is 21.9 Å². The van der Waals surface area contributed by atoms with Gasteiger partial charge in [0.05, 0.1) is 5.48 Å². The molecule has 0 aliphatic heterocycles. The molecular formula is C58H44O. The second-order valence-electron chi connectivity index (χ2n) is 17.9. The van der Waals surface area contributed by atoms with E-state index in [0.717, 1.165) is 73.0 Å². The number of hydrogen-bond donors (Lipinski definition) is 0. The lowest BCUT2D eigenvalue weighted by atomic mass is 9.61. The van der Waals surface area contributed by atoms with Crippen molar-refractivity contribution >= 4 is 75.8 Å². The molecule has 282 valence electrons. The van der Waals surface area contributed by atoms with Crippen molar-refractivity contribution < 1.29 is 9.90 Å². The quantitative estimate of drug-likeness (QED) is 0.129. The minimum atomic E-state index is -0.255. The van der Waals surface area contributed by atoms with E-state index < -0.39 is 0 Å². The molecule has 0 radical (unpaired) electrons. The van der Waals surface area contributed by atoms with Gasteiger partial charge < -0.3 is 4.42 Å². The first-order chi connectivity index (χ1) is 30.4. The fraction of sp³-hybridized carbons (Fsp3) is 0.138. The Morgan fingerprint density at radius 2 is 1.03 bits per heavy atom. The Hall–Kier alpha value is -6.70. The Morgan fingerprint density at radius 3 is 1.80 bits per heavy atom. The fourth-order valence-electron chi connectivity index (χ4n) is 10.6. The molecular weight excluding hydrogens is 713 g/mol. The molecule has 0 amide bonds. The van der Waals surface area contributed by atoms with E-state index in [-0.39, 0.29) is 35.0 Å². The number of para-hydroxylation sites is 1. The Morgan fingerprint density at radius 1 is 0.441 bits per heavy atom. The standard InChI is InChI=1S/C58H44O/c1-57(2)28-29-58(3,4)55-50(48-31-37-18-7-8-19-39(37)40-20-9-10-21-41(40)48)32-38(33-51(55)57)53-42-22-11-13-24-44(42)54(45-25-14-12-23-43(45)53)47-27-15-26-46-49-30-35-16-5-6-17-36(35)34-52(49)59-56(46)47/h5-27,30-34H,28-29H2,1-4H3/i11D,13D,22D,24D. The Labute approximate surface area is 350 Å². The predicted octanol–water partition coefficient (Wildman–Crippen LogP) is 16.7. The Kier molecular flexibility index (Phi) is 6.39.